The molecule has 4 rings (SSSR count). The van der Waals surface area contributed by atoms with Crippen LogP contribution in [0.1, 0.15) is 0 Å². The Kier molecular flexibility index (Phi) is 5.75. The fraction of sp³-hybridized carbons (Fsp3) is 0. The van der Waals surface area contributed by atoms with Gasteiger partial charge in [-0.25, -0.2) is 0 Å². The van der Waals surface area contributed by atoms with Gasteiger partial charge in [0.2, 0.25) is 0 Å². The second-order valence-electron chi connectivity index (χ2n) is 6.23. The summed E-state index contributed by atoms with van der Waals surface area (Å²) >= 11 is 18.1. The first-order chi connectivity index (χ1) is 14.3. The van der Waals surface area contributed by atoms with Crippen LogP contribution in [0, 0.1) is 0 Å². The summed E-state index contributed by atoms with van der Waals surface area (Å²) in [6.45, 7) is 0. The lowest BCUT2D eigenvalue weighted by atomic mass is 10.1. The first kappa shape index (κ1) is 20.8. The number of ether oxygens (including phenoxy) is 1. The number of hydrogen-bond donors (Lipinski definition) is 0. The van der Waals surface area contributed by atoms with Gasteiger partial charge in [0.1, 0.15) is 11.5 Å². The molecule has 0 fully saturated rings. The molecule has 3 aromatic carbocycles. The van der Waals surface area contributed by atoms with Gasteiger partial charge in [-0.3, -0.25) is 0 Å². The van der Waals surface area contributed by atoms with E-state index in [2.05, 4.69) is 5.10 Å². The number of benzene rings is 3. The molecule has 4 aromatic rings. The highest BCUT2D eigenvalue weighted by atomic mass is 35.5. The van der Waals surface area contributed by atoms with Gasteiger partial charge < -0.3 is 4.74 Å². The molecule has 152 valence electrons. The van der Waals surface area contributed by atoms with Crippen molar-refractivity contribution < 1.29 is 13.2 Å². The lowest BCUT2D eigenvalue weighted by Crippen LogP contribution is -2.13. The number of halogens is 3. The van der Waals surface area contributed by atoms with Gasteiger partial charge in [0.15, 0.2) is 0 Å². The molecule has 0 spiro atoms. The highest BCUT2D eigenvalue weighted by molar-refractivity contribution is 7.89. The van der Waals surface area contributed by atoms with Crippen LogP contribution in [0.25, 0.3) is 11.3 Å². The van der Waals surface area contributed by atoms with Crippen LogP contribution < -0.4 is 4.74 Å². The molecule has 0 amide bonds. The molecule has 0 saturated heterocycles. The van der Waals surface area contributed by atoms with Crippen LogP contribution in [-0.4, -0.2) is 17.6 Å². The predicted molar refractivity (Wildman–Crippen MR) is 118 cm³/mol. The first-order valence-corrected chi connectivity index (χ1v) is 11.2. The van der Waals surface area contributed by atoms with Gasteiger partial charge in [0.25, 0.3) is 10.0 Å². The Morgan fingerprint density at radius 3 is 2.00 bits per heavy atom. The summed E-state index contributed by atoms with van der Waals surface area (Å²) in [5.41, 5.74) is 0.987. The Labute approximate surface area is 188 Å². The Morgan fingerprint density at radius 1 is 0.767 bits per heavy atom. The van der Waals surface area contributed by atoms with E-state index in [4.69, 9.17) is 39.5 Å². The van der Waals surface area contributed by atoms with E-state index < -0.39 is 10.0 Å². The van der Waals surface area contributed by atoms with E-state index in [0.717, 1.165) is 4.09 Å². The van der Waals surface area contributed by atoms with Crippen molar-refractivity contribution in [3.05, 3.63) is 94.1 Å². The molecule has 0 saturated carbocycles. The van der Waals surface area contributed by atoms with Gasteiger partial charge in [0, 0.05) is 27.9 Å². The standard InChI is InChI=1S/C21H13Cl3N2O3S/c22-14-1-5-16(6-2-14)29-17-7-10-19(20(24)13-17)21-11-12-26(25-21)30(27,28)18-8-3-15(23)4-9-18/h1-13H. The van der Waals surface area contributed by atoms with Crippen molar-refractivity contribution in [1.29, 1.82) is 0 Å². The number of aromatic nitrogens is 2. The van der Waals surface area contributed by atoms with Gasteiger partial charge in [0.05, 0.1) is 15.6 Å². The van der Waals surface area contributed by atoms with Crippen LogP contribution in [-0.2, 0) is 10.0 Å². The Hall–Kier alpha value is -2.51. The fourth-order valence-electron chi connectivity index (χ4n) is 2.71. The van der Waals surface area contributed by atoms with Gasteiger partial charge in [-0.15, -0.1) is 0 Å². The van der Waals surface area contributed by atoms with Crippen molar-refractivity contribution in [2.45, 2.75) is 4.90 Å². The van der Waals surface area contributed by atoms with Gasteiger partial charge in [-0.2, -0.15) is 17.6 Å². The smallest absolute Gasteiger partial charge is 0.282 e. The second-order valence-corrected chi connectivity index (χ2v) is 9.31. The van der Waals surface area contributed by atoms with E-state index in [1.165, 1.54) is 30.5 Å². The molecule has 1 heterocycles. The van der Waals surface area contributed by atoms with E-state index in [0.29, 0.717) is 37.8 Å². The average molecular weight is 480 g/mol. The van der Waals surface area contributed by atoms with Gasteiger partial charge >= 0.3 is 0 Å². The van der Waals surface area contributed by atoms with Crippen LogP contribution in [0.2, 0.25) is 15.1 Å². The number of nitrogens with zero attached hydrogens (tertiary/aromatic N) is 2. The summed E-state index contributed by atoms with van der Waals surface area (Å²) in [5, 5.41) is 5.62. The zero-order valence-electron chi connectivity index (χ0n) is 15.2. The first-order valence-electron chi connectivity index (χ1n) is 8.63. The van der Waals surface area contributed by atoms with E-state index in [9.17, 15) is 8.42 Å². The molecule has 1 aromatic heterocycles. The topological polar surface area (TPSA) is 61.2 Å². The molecule has 0 aliphatic rings. The molecule has 30 heavy (non-hydrogen) atoms. The van der Waals surface area contributed by atoms with Crippen LogP contribution in [0.4, 0.5) is 0 Å². The van der Waals surface area contributed by atoms with Crippen molar-refractivity contribution in [1.82, 2.24) is 9.19 Å². The Balaban J connectivity index is 1.60. The summed E-state index contributed by atoms with van der Waals surface area (Å²) in [4.78, 5) is 0.0827. The van der Waals surface area contributed by atoms with Gasteiger partial charge in [-0.1, -0.05) is 34.8 Å². The fourth-order valence-corrected chi connectivity index (χ4v) is 4.34. The third-order valence-corrected chi connectivity index (χ3v) is 6.57. The molecule has 0 radical (unpaired) electrons. The van der Waals surface area contributed by atoms with Crippen LogP contribution in [0.15, 0.2) is 83.9 Å². The summed E-state index contributed by atoms with van der Waals surface area (Å²) < 4.78 is 32.2. The minimum absolute atomic E-state index is 0.0827. The molecule has 0 N–H and O–H groups in total. The maximum Gasteiger partial charge on any atom is 0.282 e. The molecule has 5 nitrogen and oxygen atoms in total. The highest BCUT2D eigenvalue weighted by Gasteiger charge is 2.19. The molecular weight excluding hydrogens is 467 g/mol. The lowest BCUT2D eigenvalue weighted by Gasteiger charge is -2.08. The van der Waals surface area contributed by atoms with E-state index in [-0.39, 0.29) is 4.90 Å². The zero-order chi connectivity index (χ0) is 21.3. The monoisotopic (exact) mass is 478 g/mol. The molecule has 0 aliphatic heterocycles. The minimum atomic E-state index is -3.84. The summed E-state index contributed by atoms with van der Waals surface area (Å²) in [6, 6.07) is 19.5. The molecule has 0 atom stereocenters. The molecule has 0 aliphatic carbocycles. The molecule has 0 bridgehead atoms. The van der Waals surface area contributed by atoms with Crippen molar-refractivity contribution in [3.8, 4) is 22.8 Å². The van der Waals surface area contributed by atoms with Crippen molar-refractivity contribution in [2.75, 3.05) is 0 Å². The Bertz CT molecular complexity index is 1300. The lowest BCUT2D eigenvalue weighted by molar-refractivity contribution is 0.483. The van der Waals surface area contributed by atoms with Crippen molar-refractivity contribution in [2.24, 2.45) is 0 Å². The summed E-state index contributed by atoms with van der Waals surface area (Å²) in [6.07, 6.45) is 1.37. The number of hydrogen-bond acceptors (Lipinski definition) is 4. The van der Waals surface area contributed by atoms with E-state index in [1.54, 1.807) is 48.5 Å². The van der Waals surface area contributed by atoms with Crippen molar-refractivity contribution in [3.63, 3.8) is 0 Å². The van der Waals surface area contributed by atoms with E-state index >= 15 is 0 Å². The normalized spacial score (nSPS) is 11.4. The SMILES string of the molecule is O=S(=O)(c1ccc(Cl)cc1)n1ccc(-c2ccc(Oc3ccc(Cl)cc3)cc2Cl)n1. The summed E-state index contributed by atoms with van der Waals surface area (Å²) in [7, 11) is -3.84. The van der Waals surface area contributed by atoms with Gasteiger partial charge in [-0.05, 0) is 66.7 Å². The number of rotatable bonds is 5. The van der Waals surface area contributed by atoms with Crippen molar-refractivity contribution >= 4 is 44.8 Å². The molecule has 0 unspecified atom stereocenters. The third kappa shape index (κ3) is 4.32. The van der Waals surface area contributed by atoms with Crippen LogP contribution >= 0.6 is 34.8 Å². The Morgan fingerprint density at radius 2 is 1.37 bits per heavy atom. The largest absolute Gasteiger partial charge is 0.457 e. The van der Waals surface area contributed by atoms with Crippen LogP contribution in [0.3, 0.4) is 0 Å². The maximum absolute atomic E-state index is 12.8. The minimum Gasteiger partial charge on any atom is -0.457 e. The highest BCUT2D eigenvalue weighted by Crippen LogP contribution is 2.33. The quantitative estimate of drug-likeness (QED) is 0.326. The van der Waals surface area contributed by atoms with Crippen LogP contribution in [0.5, 0.6) is 11.5 Å². The van der Waals surface area contributed by atoms with E-state index in [1.807, 2.05) is 0 Å². The molecular formula is C21H13Cl3N2O3S. The third-order valence-electron chi connectivity index (χ3n) is 4.19. The zero-order valence-corrected chi connectivity index (χ0v) is 18.3. The second kappa shape index (κ2) is 8.32. The molecule has 9 heteroatoms. The summed E-state index contributed by atoms with van der Waals surface area (Å²) in [5.74, 6) is 1.14. The average Bonchev–Trinajstić information content (AvgIpc) is 3.21. The maximum atomic E-state index is 12.8. The predicted octanol–water partition coefficient (Wildman–Crippen LogP) is 6.54.